The van der Waals surface area contributed by atoms with Crippen molar-refractivity contribution in [2.45, 2.75) is 45.7 Å². The number of anilines is 1. The molecule has 2 aromatic carbocycles. The van der Waals surface area contributed by atoms with Gasteiger partial charge in [-0.1, -0.05) is 38.1 Å². The Morgan fingerprint density at radius 2 is 1.95 bits per heavy atom. The zero-order chi connectivity index (χ0) is 31.6. The summed E-state index contributed by atoms with van der Waals surface area (Å²) in [6.07, 6.45) is 2.82. The van der Waals surface area contributed by atoms with Crippen LogP contribution in [0.5, 0.6) is 11.5 Å². The normalized spacial score (nSPS) is 17.8. The number of piperazine rings is 1. The summed E-state index contributed by atoms with van der Waals surface area (Å²) in [6, 6.07) is 4.86. The van der Waals surface area contributed by atoms with Crippen molar-refractivity contribution in [1.82, 2.24) is 19.4 Å². The Morgan fingerprint density at radius 1 is 1.20 bits per heavy atom. The SMILES string of the molecule is C=CC(=O)N1CC(C)N2c3nc(=O)n(-c4c(C)ccnc4C(C)C)c4c(F)c(-c5c(O)cccc5Cl)c(F)c(c34)OCC2C1. The highest BCUT2D eigenvalue weighted by Gasteiger charge is 2.41. The third-order valence-corrected chi connectivity index (χ3v) is 8.57. The van der Waals surface area contributed by atoms with E-state index in [9.17, 15) is 14.7 Å². The Balaban J connectivity index is 1.78. The van der Waals surface area contributed by atoms with Gasteiger partial charge in [0, 0.05) is 30.9 Å². The standard InChI is InChI=1S/C32H30ClF2N5O4/c1-6-21(42)38-12-17(5)39-18(13-38)14-44-30-24-29(25(34)23(26(30)35)22-19(33)8-7-9-20(22)41)40(32(43)37-31(24)39)28-16(4)10-11-36-27(28)15(2)3/h6-11,15,17-18,41H,1,12-14H2,2-5H3. The van der Waals surface area contributed by atoms with Gasteiger partial charge < -0.3 is 19.6 Å². The predicted molar refractivity (Wildman–Crippen MR) is 164 cm³/mol. The molecule has 2 aromatic heterocycles. The average molecular weight is 622 g/mol. The molecule has 2 atom stereocenters. The molecule has 9 nitrogen and oxygen atoms in total. The van der Waals surface area contributed by atoms with Crippen LogP contribution in [0.25, 0.3) is 27.7 Å². The molecule has 2 aliphatic rings. The Hall–Kier alpha value is -4.51. The monoisotopic (exact) mass is 621 g/mol. The van der Waals surface area contributed by atoms with Gasteiger partial charge in [0.15, 0.2) is 17.4 Å². The van der Waals surface area contributed by atoms with E-state index < -0.39 is 40.7 Å². The molecule has 0 radical (unpaired) electrons. The molecule has 0 aliphatic carbocycles. The van der Waals surface area contributed by atoms with Crippen molar-refractivity contribution in [1.29, 1.82) is 0 Å². The molecule has 1 N–H and O–H groups in total. The Labute approximate surface area is 257 Å². The summed E-state index contributed by atoms with van der Waals surface area (Å²) in [4.78, 5) is 39.0. The second-order valence-electron chi connectivity index (χ2n) is 11.4. The number of halogens is 3. The fourth-order valence-electron chi connectivity index (χ4n) is 6.35. The summed E-state index contributed by atoms with van der Waals surface area (Å²) < 4.78 is 41.1. The number of aromatic nitrogens is 3. The van der Waals surface area contributed by atoms with Gasteiger partial charge in [-0.15, -0.1) is 0 Å². The third-order valence-electron chi connectivity index (χ3n) is 8.25. The van der Waals surface area contributed by atoms with Gasteiger partial charge in [-0.25, -0.2) is 13.6 Å². The molecule has 2 aliphatic heterocycles. The minimum Gasteiger partial charge on any atom is -0.507 e. The number of phenols is 1. The maximum absolute atomic E-state index is 17.2. The number of carbonyl (C=O) groups excluding carboxylic acids is 1. The molecule has 0 spiro atoms. The Bertz CT molecular complexity index is 1910. The number of amides is 1. The lowest BCUT2D eigenvalue weighted by atomic mass is 9.98. The molecule has 2 unspecified atom stereocenters. The molecule has 228 valence electrons. The summed E-state index contributed by atoms with van der Waals surface area (Å²) >= 11 is 6.41. The van der Waals surface area contributed by atoms with Crippen LogP contribution in [-0.4, -0.2) is 62.2 Å². The number of ether oxygens (including phenoxy) is 1. The van der Waals surface area contributed by atoms with Crippen LogP contribution in [0.15, 0.2) is 47.9 Å². The second kappa shape index (κ2) is 10.9. The van der Waals surface area contributed by atoms with Crippen LogP contribution in [-0.2, 0) is 4.79 Å². The number of hydrogen-bond acceptors (Lipinski definition) is 7. The topological polar surface area (TPSA) is 101 Å². The van der Waals surface area contributed by atoms with E-state index in [-0.39, 0.29) is 64.6 Å². The molecule has 1 fully saturated rings. The lowest BCUT2D eigenvalue weighted by molar-refractivity contribution is -0.127. The first-order valence-corrected chi connectivity index (χ1v) is 14.6. The highest BCUT2D eigenvalue weighted by molar-refractivity contribution is 6.33. The van der Waals surface area contributed by atoms with Gasteiger partial charge in [-0.05, 0) is 49.6 Å². The van der Waals surface area contributed by atoms with E-state index in [0.29, 0.717) is 16.9 Å². The lowest BCUT2D eigenvalue weighted by Gasteiger charge is -2.45. The minimum atomic E-state index is -1.13. The molecule has 44 heavy (non-hydrogen) atoms. The fraction of sp³-hybridized carbons (Fsp3) is 0.312. The number of benzene rings is 2. The summed E-state index contributed by atoms with van der Waals surface area (Å²) in [5.74, 6) is -3.45. The van der Waals surface area contributed by atoms with Crippen LogP contribution in [0.1, 0.15) is 37.9 Å². The highest BCUT2D eigenvalue weighted by atomic mass is 35.5. The molecule has 4 aromatic rings. The summed E-state index contributed by atoms with van der Waals surface area (Å²) in [6.45, 7) is 11.3. The zero-order valence-corrected chi connectivity index (χ0v) is 25.3. The first kappa shape index (κ1) is 29.6. The molecular formula is C32H30ClF2N5O4. The maximum Gasteiger partial charge on any atom is 0.354 e. The number of fused-ring (bicyclic) bond motifs is 2. The van der Waals surface area contributed by atoms with Gasteiger partial charge in [-0.2, -0.15) is 4.98 Å². The fourth-order valence-corrected chi connectivity index (χ4v) is 6.61. The largest absolute Gasteiger partial charge is 0.507 e. The first-order valence-electron chi connectivity index (χ1n) is 14.2. The van der Waals surface area contributed by atoms with E-state index in [1.54, 1.807) is 29.0 Å². The lowest BCUT2D eigenvalue weighted by Crippen LogP contribution is -2.61. The number of carbonyl (C=O) groups is 1. The van der Waals surface area contributed by atoms with E-state index >= 15 is 8.78 Å². The number of pyridine rings is 1. The quantitative estimate of drug-likeness (QED) is 0.300. The van der Waals surface area contributed by atoms with E-state index in [1.165, 1.54) is 24.3 Å². The number of hydrogen-bond donors (Lipinski definition) is 1. The van der Waals surface area contributed by atoms with Gasteiger partial charge in [-0.3, -0.25) is 14.3 Å². The smallest absolute Gasteiger partial charge is 0.354 e. The molecular weight excluding hydrogens is 592 g/mol. The van der Waals surface area contributed by atoms with Crippen molar-refractivity contribution in [3.05, 3.63) is 81.5 Å². The van der Waals surface area contributed by atoms with Crippen LogP contribution in [0.2, 0.25) is 5.02 Å². The zero-order valence-electron chi connectivity index (χ0n) is 24.6. The van der Waals surface area contributed by atoms with Gasteiger partial charge >= 0.3 is 5.69 Å². The van der Waals surface area contributed by atoms with Crippen LogP contribution in [0, 0.1) is 18.6 Å². The van der Waals surface area contributed by atoms with Crippen molar-refractivity contribution in [3.8, 4) is 28.3 Å². The first-order chi connectivity index (χ1) is 21.0. The van der Waals surface area contributed by atoms with Crippen molar-refractivity contribution in [2.75, 3.05) is 24.6 Å². The molecule has 0 bridgehead atoms. The number of rotatable bonds is 4. The van der Waals surface area contributed by atoms with Crippen molar-refractivity contribution < 1.29 is 23.4 Å². The number of aryl methyl sites for hydroxylation is 1. The van der Waals surface area contributed by atoms with Gasteiger partial charge in [0.05, 0.1) is 33.4 Å². The number of aromatic hydroxyl groups is 1. The molecule has 6 rings (SSSR count). The minimum absolute atomic E-state index is 0.0392. The van der Waals surface area contributed by atoms with Gasteiger partial charge in [0.25, 0.3) is 0 Å². The van der Waals surface area contributed by atoms with Crippen LogP contribution in [0.4, 0.5) is 14.6 Å². The maximum atomic E-state index is 17.2. The molecule has 4 heterocycles. The van der Waals surface area contributed by atoms with Crippen LogP contribution in [0.3, 0.4) is 0 Å². The number of nitrogens with zero attached hydrogens (tertiary/aromatic N) is 5. The van der Waals surface area contributed by atoms with Crippen molar-refractivity contribution in [2.24, 2.45) is 0 Å². The second-order valence-corrected chi connectivity index (χ2v) is 11.8. The molecule has 12 heteroatoms. The van der Waals surface area contributed by atoms with Crippen molar-refractivity contribution >= 4 is 34.2 Å². The van der Waals surface area contributed by atoms with Crippen LogP contribution >= 0.6 is 11.6 Å². The Morgan fingerprint density at radius 3 is 2.64 bits per heavy atom. The molecule has 1 saturated heterocycles. The summed E-state index contributed by atoms with van der Waals surface area (Å²) in [5.41, 5.74) is -0.595. The number of phenolic OH excluding ortho intramolecular Hbond substituents is 1. The van der Waals surface area contributed by atoms with E-state index in [2.05, 4.69) is 16.5 Å². The molecule has 0 saturated carbocycles. The van der Waals surface area contributed by atoms with E-state index in [0.717, 1.165) is 4.57 Å². The van der Waals surface area contributed by atoms with Gasteiger partial charge in [0.1, 0.15) is 23.7 Å². The molecule has 1 amide bonds. The van der Waals surface area contributed by atoms with E-state index in [1.807, 2.05) is 20.8 Å². The summed E-state index contributed by atoms with van der Waals surface area (Å²) in [7, 11) is 0. The third kappa shape index (κ3) is 4.40. The average Bonchev–Trinajstić information content (AvgIpc) is 3.14. The Kier molecular flexibility index (Phi) is 7.31. The van der Waals surface area contributed by atoms with E-state index in [4.69, 9.17) is 16.3 Å². The highest BCUT2D eigenvalue weighted by Crippen LogP contribution is 2.48. The van der Waals surface area contributed by atoms with Gasteiger partial charge in [0.2, 0.25) is 5.91 Å². The predicted octanol–water partition coefficient (Wildman–Crippen LogP) is 5.50. The van der Waals surface area contributed by atoms with Crippen LogP contribution < -0.4 is 15.3 Å². The van der Waals surface area contributed by atoms with Crippen molar-refractivity contribution in [3.63, 3.8) is 0 Å². The summed E-state index contributed by atoms with van der Waals surface area (Å²) in [5, 5.41) is 10.6.